The minimum absolute atomic E-state index is 0.163. The maximum atomic E-state index is 10.2. The van der Waals surface area contributed by atoms with Crippen molar-refractivity contribution in [2.75, 3.05) is 0 Å². The summed E-state index contributed by atoms with van der Waals surface area (Å²) in [4.78, 5) is 10.2. The maximum Gasteiger partial charge on any atom is 0.311 e. The number of halogens is 1. The topological polar surface area (TPSA) is 70.7 Å². The van der Waals surface area contributed by atoms with Gasteiger partial charge in [-0.3, -0.25) is 4.79 Å². The first-order chi connectivity index (χ1) is 5.63. The van der Waals surface area contributed by atoms with Crippen LogP contribution in [0.5, 0.6) is 0 Å². The molecule has 0 spiro atoms. The highest BCUT2D eigenvalue weighted by Gasteiger charge is 2.10. The van der Waals surface area contributed by atoms with Crippen LogP contribution in [0, 0.1) is 0 Å². The second-order valence-electron chi connectivity index (χ2n) is 2.24. The number of carboxylic acids is 1. The first-order valence-corrected chi connectivity index (χ1v) is 4.02. The summed E-state index contributed by atoms with van der Waals surface area (Å²) in [6.07, 6.45) is -0.168. The van der Waals surface area contributed by atoms with Gasteiger partial charge in [0.2, 0.25) is 0 Å². The first-order valence-electron chi connectivity index (χ1n) is 3.23. The Bertz CT molecular complexity index is 292. The Morgan fingerprint density at radius 2 is 2.33 bits per heavy atom. The van der Waals surface area contributed by atoms with E-state index in [1.165, 1.54) is 6.07 Å². The molecular weight excluding hydrogens is 228 g/mol. The van der Waals surface area contributed by atoms with E-state index in [0.717, 1.165) is 0 Å². The molecule has 0 aliphatic carbocycles. The summed E-state index contributed by atoms with van der Waals surface area (Å²) in [5.74, 6) is -0.626. The van der Waals surface area contributed by atoms with Crippen LogP contribution in [0.1, 0.15) is 11.3 Å². The van der Waals surface area contributed by atoms with Gasteiger partial charge in [0.25, 0.3) is 0 Å². The molecule has 0 aromatic carbocycles. The van der Waals surface area contributed by atoms with Gasteiger partial charge in [-0.25, -0.2) is 0 Å². The molecule has 1 heterocycles. The van der Waals surface area contributed by atoms with Gasteiger partial charge in [-0.15, -0.1) is 0 Å². The lowest BCUT2D eigenvalue weighted by Gasteiger charge is -1.86. The third-order valence-electron chi connectivity index (χ3n) is 1.30. The lowest BCUT2D eigenvalue weighted by atomic mass is 10.3. The zero-order valence-corrected chi connectivity index (χ0v) is 7.67. The Morgan fingerprint density at radius 3 is 2.75 bits per heavy atom. The molecule has 0 atom stereocenters. The van der Waals surface area contributed by atoms with E-state index in [4.69, 9.17) is 14.6 Å². The number of carboxylic acid groups (broad SMARTS) is 1. The van der Waals surface area contributed by atoms with Crippen LogP contribution < -0.4 is 0 Å². The molecular formula is C7H7BrO4. The Kier molecular flexibility index (Phi) is 2.88. The molecule has 0 radical (unpaired) electrons. The predicted molar refractivity (Wildman–Crippen MR) is 43.7 cm³/mol. The van der Waals surface area contributed by atoms with Crippen molar-refractivity contribution in [1.29, 1.82) is 0 Å². The summed E-state index contributed by atoms with van der Waals surface area (Å²) in [5, 5.41) is 17.1. The highest BCUT2D eigenvalue weighted by Crippen LogP contribution is 2.21. The highest BCUT2D eigenvalue weighted by molar-refractivity contribution is 9.10. The van der Waals surface area contributed by atoms with Crippen LogP contribution in [0.2, 0.25) is 0 Å². The minimum Gasteiger partial charge on any atom is -0.481 e. The molecule has 0 bridgehead atoms. The molecule has 5 heteroatoms. The van der Waals surface area contributed by atoms with Crippen LogP contribution in [-0.2, 0) is 17.8 Å². The molecule has 0 fully saturated rings. The number of furan rings is 1. The number of carbonyl (C=O) groups is 1. The SMILES string of the molecule is O=C(O)Cc1cc(CO)c(Br)o1. The number of rotatable bonds is 3. The zero-order valence-electron chi connectivity index (χ0n) is 6.08. The molecule has 0 unspecified atom stereocenters. The van der Waals surface area contributed by atoms with Crippen molar-refractivity contribution in [3.8, 4) is 0 Å². The number of aliphatic hydroxyl groups is 1. The summed E-state index contributed by atoms with van der Waals surface area (Å²) in [5.41, 5.74) is 0.561. The van der Waals surface area contributed by atoms with Crippen molar-refractivity contribution in [2.24, 2.45) is 0 Å². The van der Waals surface area contributed by atoms with E-state index in [1.54, 1.807) is 0 Å². The van der Waals surface area contributed by atoms with Gasteiger partial charge in [0.05, 0.1) is 6.61 Å². The Labute approximate surface area is 76.9 Å². The van der Waals surface area contributed by atoms with Crippen LogP contribution >= 0.6 is 15.9 Å². The number of hydrogen-bond acceptors (Lipinski definition) is 3. The van der Waals surface area contributed by atoms with Crippen molar-refractivity contribution in [2.45, 2.75) is 13.0 Å². The zero-order chi connectivity index (χ0) is 9.14. The summed E-state index contributed by atoms with van der Waals surface area (Å²) in [6.45, 7) is -0.163. The van der Waals surface area contributed by atoms with Crippen LogP contribution in [0.4, 0.5) is 0 Å². The largest absolute Gasteiger partial charge is 0.481 e. The smallest absolute Gasteiger partial charge is 0.311 e. The van der Waals surface area contributed by atoms with Crippen molar-refractivity contribution in [1.82, 2.24) is 0 Å². The molecule has 2 N–H and O–H groups in total. The van der Waals surface area contributed by atoms with E-state index in [2.05, 4.69) is 15.9 Å². The lowest BCUT2D eigenvalue weighted by molar-refractivity contribution is -0.136. The Balaban J connectivity index is 2.82. The third kappa shape index (κ3) is 2.09. The third-order valence-corrected chi connectivity index (χ3v) is 1.98. The molecule has 4 nitrogen and oxygen atoms in total. The summed E-state index contributed by atoms with van der Waals surface area (Å²) in [6, 6.07) is 1.51. The van der Waals surface area contributed by atoms with Gasteiger partial charge in [0.1, 0.15) is 12.2 Å². The average molecular weight is 235 g/mol. The van der Waals surface area contributed by atoms with Crippen molar-refractivity contribution >= 4 is 21.9 Å². The molecule has 1 aromatic rings. The average Bonchev–Trinajstić information content (AvgIpc) is 2.29. The number of aliphatic hydroxyl groups excluding tert-OH is 1. The Hall–Kier alpha value is -0.810. The van der Waals surface area contributed by atoms with Crippen molar-refractivity contribution in [3.63, 3.8) is 0 Å². The van der Waals surface area contributed by atoms with Gasteiger partial charge in [-0.05, 0) is 22.0 Å². The summed E-state index contributed by atoms with van der Waals surface area (Å²) < 4.78 is 5.38. The van der Waals surface area contributed by atoms with Gasteiger partial charge in [0, 0.05) is 5.56 Å². The standard InChI is InChI=1S/C7H7BrO4/c8-7-4(3-9)1-5(12-7)2-6(10)11/h1,9H,2-3H2,(H,10,11). The predicted octanol–water partition coefficient (Wildman–Crippen LogP) is 1.16. The van der Waals surface area contributed by atoms with E-state index in [9.17, 15) is 4.79 Å². The van der Waals surface area contributed by atoms with Gasteiger partial charge in [0.15, 0.2) is 4.67 Å². The first kappa shape index (κ1) is 9.28. The molecule has 0 saturated heterocycles. The fraction of sp³-hybridized carbons (Fsp3) is 0.286. The lowest BCUT2D eigenvalue weighted by Crippen LogP contribution is -1.97. The van der Waals surface area contributed by atoms with Gasteiger partial charge in [-0.2, -0.15) is 0 Å². The van der Waals surface area contributed by atoms with Gasteiger partial charge >= 0.3 is 5.97 Å². The van der Waals surface area contributed by atoms with Crippen molar-refractivity contribution in [3.05, 3.63) is 22.1 Å². The molecule has 1 rings (SSSR count). The summed E-state index contributed by atoms with van der Waals surface area (Å²) >= 11 is 3.05. The second-order valence-corrected chi connectivity index (χ2v) is 2.96. The molecule has 0 amide bonds. The van der Waals surface area contributed by atoms with Crippen LogP contribution in [0.15, 0.2) is 15.2 Å². The minimum atomic E-state index is -0.958. The molecule has 66 valence electrons. The second kappa shape index (κ2) is 3.73. The number of aliphatic carboxylic acids is 1. The van der Waals surface area contributed by atoms with Gasteiger partial charge < -0.3 is 14.6 Å². The quantitative estimate of drug-likeness (QED) is 0.824. The van der Waals surface area contributed by atoms with Crippen LogP contribution in [0.25, 0.3) is 0 Å². The van der Waals surface area contributed by atoms with Crippen LogP contribution in [-0.4, -0.2) is 16.2 Å². The fourth-order valence-corrected chi connectivity index (χ4v) is 1.25. The van der Waals surface area contributed by atoms with E-state index in [0.29, 0.717) is 16.0 Å². The molecule has 1 aromatic heterocycles. The molecule has 0 aliphatic rings. The molecule has 12 heavy (non-hydrogen) atoms. The monoisotopic (exact) mass is 234 g/mol. The maximum absolute atomic E-state index is 10.2. The number of hydrogen-bond donors (Lipinski definition) is 2. The van der Waals surface area contributed by atoms with E-state index in [1.807, 2.05) is 0 Å². The highest BCUT2D eigenvalue weighted by atomic mass is 79.9. The van der Waals surface area contributed by atoms with Crippen molar-refractivity contribution < 1.29 is 19.4 Å². The molecule has 0 saturated carbocycles. The Morgan fingerprint density at radius 1 is 1.67 bits per heavy atom. The molecule has 0 aliphatic heterocycles. The fourth-order valence-electron chi connectivity index (χ4n) is 0.805. The van der Waals surface area contributed by atoms with Crippen LogP contribution in [0.3, 0.4) is 0 Å². The van der Waals surface area contributed by atoms with E-state index in [-0.39, 0.29) is 13.0 Å². The normalized spacial score (nSPS) is 10.2. The van der Waals surface area contributed by atoms with E-state index < -0.39 is 5.97 Å². The van der Waals surface area contributed by atoms with Gasteiger partial charge in [-0.1, -0.05) is 0 Å². The van der Waals surface area contributed by atoms with E-state index >= 15 is 0 Å². The summed E-state index contributed by atoms with van der Waals surface area (Å²) in [7, 11) is 0.